The number of halogens is 1. The monoisotopic (exact) mass is 314 g/mol. The minimum absolute atomic E-state index is 0.0246. The Balaban J connectivity index is 2.05. The van der Waals surface area contributed by atoms with E-state index < -0.39 is 0 Å². The number of nitrogens with zero attached hydrogens (tertiary/aromatic N) is 1. The van der Waals surface area contributed by atoms with Gasteiger partial charge in [0.2, 0.25) is 0 Å². The van der Waals surface area contributed by atoms with Crippen LogP contribution in [0, 0.1) is 5.92 Å². The lowest BCUT2D eigenvalue weighted by atomic mass is 9.90. The second kappa shape index (κ2) is 6.61. The van der Waals surface area contributed by atoms with E-state index in [4.69, 9.17) is 10.5 Å². The van der Waals surface area contributed by atoms with Crippen LogP contribution in [0.25, 0.3) is 0 Å². The van der Waals surface area contributed by atoms with Crippen molar-refractivity contribution in [3.63, 3.8) is 0 Å². The average molecular weight is 315 g/mol. The molecule has 1 fully saturated rings. The molecule has 1 aliphatic heterocycles. The third-order valence-electron chi connectivity index (χ3n) is 3.42. The number of pyridine rings is 1. The highest BCUT2D eigenvalue weighted by Crippen LogP contribution is 2.27. The van der Waals surface area contributed by atoms with Crippen molar-refractivity contribution in [3.8, 4) is 0 Å². The topological polar surface area (TPSA) is 68.4 Å². The lowest BCUT2D eigenvalue weighted by Crippen LogP contribution is -2.23. The number of hydrogen-bond donors (Lipinski definition) is 2. The zero-order valence-electron chi connectivity index (χ0n) is 10.3. The van der Waals surface area contributed by atoms with Crippen LogP contribution in [-0.2, 0) is 11.3 Å². The molecule has 2 rings (SSSR count). The Hall–Kier alpha value is -0.490. The van der Waals surface area contributed by atoms with Crippen LogP contribution in [0.3, 0.4) is 0 Å². The zero-order valence-corrected chi connectivity index (χ0v) is 11.9. The van der Waals surface area contributed by atoms with Crippen LogP contribution < -0.4 is 5.73 Å². The Bertz CT molecular complexity index is 395. The van der Waals surface area contributed by atoms with Gasteiger partial charge in [0.05, 0.1) is 12.3 Å². The first-order valence-corrected chi connectivity index (χ1v) is 7.08. The number of hydrogen-bond acceptors (Lipinski definition) is 4. The van der Waals surface area contributed by atoms with E-state index in [1.54, 1.807) is 6.20 Å². The SMILES string of the molecule is N[C@@H](CC1CCOCC1)c1ncc(Br)cc1CO. The van der Waals surface area contributed by atoms with Crippen LogP contribution in [0.1, 0.15) is 36.6 Å². The van der Waals surface area contributed by atoms with E-state index in [1.807, 2.05) is 6.07 Å². The Labute approximate surface area is 116 Å². The van der Waals surface area contributed by atoms with Crippen LogP contribution in [0.4, 0.5) is 0 Å². The van der Waals surface area contributed by atoms with Crippen molar-refractivity contribution in [1.29, 1.82) is 0 Å². The van der Waals surface area contributed by atoms with E-state index in [9.17, 15) is 5.11 Å². The number of nitrogens with two attached hydrogens (primary N) is 1. The highest BCUT2D eigenvalue weighted by Gasteiger charge is 2.20. The van der Waals surface area contributed by atoms with Gasteiger partial charge in [-0.05, 0) is 47.2 Å². The Kier molecular flexibility index (Phi) is 5.12. The first-order valence-electron chi connectivity index (χ1n) is 6.29. The van der Waals surface area contributed by atoms with Crippen LogP contribution in [-0.4, -0.2) is 23.3 Å². The number of ether oxygens (including phenoxy) is 1. The maximum absolute atomic E-state index is 9.36. The second-order valence-corrected chi connectivity index (χ2v) is 5.67. The zero-order chi connectivity index (χ0) is 13.0. The molecule has 0 bridgehead atoms. The van der Waals surface area contributed by atoms with Crippen LogP contribution in [0.2, 0.25) is 0 Å². The summed E-state index contributed by atoms with van der Waals surface area (Å²) in [7, 11) is 0. The maximum Gasteiger partial charge on any atom is 0.0700 e. The fourth-order valence-corrected chi connectivity index (χ4v) is 2.78. The third-order valence-corrected chi connectivity index (χ3v) is 3.85. The minimum Gasteiger partial charge on any atom is -0.392 e. The van der Waals surface area contributed by atoms with E-state index in [2.05, 4.69) is 20.9 Å². The summed E-state index contributed by atoms with van der Waals surface area (Å²) in [6.07, 6.45) is 4.78. The molecule has 1 saturated heterocycles. The highest BCUT2D eigenvalue weighted by atomic mass is 79.9. The molecule has 1 aromatic heterocycles. The predicted octanol–water partition coefficient (Wildman–Crippen LogP) is 2.15. The number of rotatable bonds is 4. The molecule has 0 unspecified atom stereocenters. The van der Waals surface area contributed by atoms with E-state index in [0.717, 1.165) is 48.2 Å². The van der Waals surface area contributed by atoms with E-state index in [-0.39, 0.29) is 12.6 Å². The first-order chi connectivity index (χ1) is 8.70. The van der Waals surface area contributed by atoms with Gasteiger partial charge >= 0.3 is 0 Å². The van der Waals surface area contributed by atoms with Crippen LogP contribution in [0.15, 0.2) is 16.7 Å². The Morgan fingerprint density at radius 1 is 1.50 bits per heavy atom. The molecule has 2 heterocycles. The molecule has 0 aromatic carbocycles. The van der Waals surface area contributed by atoms with Gasteiger partial charge in [0.15, 0.2) is 0 Å². The molecule has 5 heteroatoms. The summed E-state index contributed by atoms with van der Waals surface area (Å²) < 4.78 is 6.21. The second-order valence-electron chi connectivity index (χ2n) is 4.75. The van der Waals surface area contributed by atoms with Gasteiger partial charge < -0.3 is 15.6 Å². The Morgan fingerprint density at radius 2 is 2.22 bits per heavy atom. The fourth-order valence-electron chi connectivity index (χ4n) is 2.41. The van der Waals surface area contributed by atoms with Gasteiger partial charge in [0.1, 0.15) is 0 Å². The largest absolute Gasteiger partial charge is 0.392 e. The molecular weight excluding hydrogens is 296 g/mol. The molecule has 1 atom stereocenters. The fraction of sp³-hybridized carbons (Fsp3) is 0.615. The van der Waals surface area contributed by atoms with Gasteiger partial charge in [-0.1, -0.05) is 0 Å². The number of aliphatic hydroxyl groups is 1. The van der Waals surface area contributed by atoms with Gasteiger partial charge in [-0.15, -0.1) is 0 Å². The van der Waals surface area contributed by atoms with Crippen molar-refractivity contribution in [2.45, 2.75) is 31.9 Å². The van der Waals surface area contributed by atoms with Gasteiger partial charge in [-0.3, -0.25) is 4.98 Å². The lowest BCUT2D eigenvalue weighted by molar-refractivity contribution is 0.0616. The van der Waals surface area contributed by atoms with E-state index in [1.165, 1.54) is 0 Å². The van der Waals surface area contributed by atoms with Crippen molar-refractivity contribution in [2.24, 2.45) is 11.7 Å². The van der Waals surface area contributed by atoms with Gasteiger partial charge in [0.25, 0.3) is 0 Å². The average Bonchev–Trinajstić information content (AvgIpc) is 2.39. The predicted molar refractivity (Wildman–Crippen MR) is 72.9 cm³/mol. The van der Waals surface area contributed by atoms with Gasteiger partial charge in [0, 0.05) is 35.5 Å². The molecule has 0 aliphatic carbocycles. The maximum atomic E-state index is 9.36. The van der Waals surface area contributed by atoms with Crippen molar-refractivity contribution in [2.75, 3.05) is 13.2 Å². The van der Waals surface area contributed by atoms with Gasteiger partial charge in [-0.25, -0.2) is 0 Å². The molecule has 1 aromatic rings. The molecular formula is C13H19BrN2O2. The van der Waals surface area contributed by atoms with Crippen molar-refractivity contribution >= 4 is 15.9 Å². The summed E-state index contributed by atoms with van der Waals surface area (Å²) in [5, 5.41) is 9.36. The van der Waals surface area contributed by atoms with Crippen molar-refractivity contribution in [3.05, 3.63) is 28.0 Å². The van der Waals surface area contributed by atoms with E-state index in [0.29, 0.717) is 5.92 Å². The summed E-state index contributed by atoms with van der Waals surface area (Å²) >= 11 is 3.35. The first kappa shape index (κ1) is 13.9. The summed E-state index contributed by atoms with van der Waals surface area (Å²) in [5.41, 5.74) is 7.84. The quantitative estimate of drug-likeness (QED) is 0.893. The standard InChI is InChI=1S/C13H19BrN2O2/c14-11-6-10(8-17)13(16-7-11)12(15)5-9-1-3-18-4-2-9/h6-7,9,12,17H,1-5,8,15H2/t12-/m0/s1. The molecule has 0 spiro atoms. The lowest BCUT2D eigenvalue weighted by Gasteiger charge is -2.25. The molecule has 4 nitrogen and oxygen atoms in total. The molecule has 0 saturated carbocycles. The highest BCUT2D eigenvalue weighted by molar-refractivity contribution is 9.10. The molecule has 0 radical (unpaired) electrons. The molecule has 0 amide bonds. The smallest absolute Gasteiger partial charge is 0.0700 e. The minimum atomic E-state index is -0.108. The Morgan fingerprint density at radius 3 is 2.89 bits per heavy atom. The number of aliphatic hydroxyl groups excluding tert-OH is 1. The van der Waals surface area contributed by atoms with Crippen LogP contribution >= 0.6 is 15.9 Å². The normalized spacial score (nSPS) is 18.8. The summed E-state index contributed by atoms with van der Waals surface area (Å²) in [5.74, 6) is 0.603. The molecule has 1 aliphatic rings. The van der Waals surface area contributed by atoms with Crippen LogP contribution in [0.5, 0.6) is 0 Å². The summed E-state index contributed by atoms with van der Waals surface area (Å²) in [4.78, 5) is 4.35. The third kappa shape index (κ3) is 3.51. The molecule has 100 valence electrons. The summed E-state index contributed by atoms with van der Waals surface area (Å²) in [6, 6.07) is 1.77. The van der Waals surface area contributed by atoms with Gasteiger partial charge in [-0.2, -0.15) is 0 Å². The summed E-state index contributed by atoms with van der Waals surface area (Å²) in [6.45, 7) is 1.64. The van der Waals surface area contributed by atoms with Crippen molar-refractivity contribution in [1.82, 2.24) is 4.98 Å². The molecule has 3 N–H and O–H groups in total. The molecule has 18 heavy (non-hydrogen) atoms. The van der Waals surface area contributed by atoms with Crippen molar-refractivity contribution < 1.29 is 9.84 Å². The van der Waals surface area contributed by atoms with E-state index >= 15 is 0 Å². The number of aromatic nitrogens is 1.